The van der Waals surface area contributed by atoms with Crippen molar-refractivity contribution in [3.05, 3.63) is 46.8 Å². The zero-order chi connectivity index (χ0) is 25.3. The Morgan fingerprint density at radius 1 is 1.11 bits per heavy atom. The van der Waals surface area contributed by atoms with Gasteiger partial charge in [-0.15, -0.1) is 0 Å². The second kappa shape index (κ2) is 9.90. The number of ether oxygens (including phenoxy) is 2. The quantitative estimate of drug-likeness (QED) is 0.533. The first-order valence-corrected chi connectivity index (χ1v) is 12.8. The number of rotatable bonds is 5. The van der Waals surface area contributed by atoms with Gasteiger partial charge in [0.15, 0.2) is 5.65 Å². The molecule has 8 nitrogen and oxygen atoms in total. The van der Waals surface area contributed by atoms with Crippen molar-refractivity contribution in [3.8, 4) is 11.9 Å². The van der Waals surface area contributed by atoms with Crippen LogP contribution in [0.4, 0.5) is 11.5 Å². The predicted molar refractivity (Wildman–Crippen MR) is 140 cm³/mol. The van der Waals surface area contributed by atoms with Crippen LogP contribution in [0.5, 0.6) is 5.88 Å². The maximum absolute atomic E-state index is 9.46. The Kier molecular flexibility index (Phi) is 6.67. The zero-order valence-corrected chi connectivity index (χ0v) is 21.6. The smallest absolute Gasteiger partial charge is 0.239 e. The van der Waals surface area contributed by atoms with Gasteiger partial charge in [-0.05, 0) is 75.1 Å². The number of nitriles is 1. The SMILES string of the molecule is COc1nc2nc(C)nc(NC(C)c3cccc(C#N)c3C)c2cc1N1CCC2(CCOCC2)CC1. The van der Waals surface area contributed by atoms with Gasteiger partial charge in [-0.1, -0.05) is 12.1 Å². The summed E-state index contributed by atoms with van der Waals surface area (Å²) in [6.07, 6.45) is 4.61. The van der Waals surface area contributed by atoms with Crippen molar-refractivity contribution >= 4 is 22.5 Å². The summed E-state index contributed by atoms with van der Waals surface area (Å²) in [5.74, 6) is 1.97. The number of nitrogens with one attached hydrogen (secondary N) is 1. The highest BCUT2D eigenvalue weighted by molar-refractivity contribution is 5.90. The van der Waals surface area contributed by atoms with Crippen molar-refractivity contribution in [3.63, 3.8) is 0 Å². The van der Waals surface area contributed by atoms with Crippen LogP contribution >= 0.6 is 0 Å². The predicted octanol–water partition coefficient (Wildman–Crippen LogP) is 5.09. The molecule has 0 amide bonds. The number of hydrogen-bond donors (Lipinski definition) is 1. The van der Waals surface area contributed by atoms with Crippen molar-refractivity contribution in [1.82, 2.24) is 15.0 Å². The molecule has 1 aromatic carbocycles. The number of hydrogen-bond acceptors (Lipinski definition) is 8. The van der Waals surface area contributed by atoms with Gasteiger partial charge in [-0.2, -0.15) is 10.2 Å². The number of methoxy groups -OCH3 is 1. The molecule has 5 rings (SSSR count). The molecule has 2 saturated heterocycles. The van der Waals surface area contributed by atoms with E-state index in [0.29, 0.717) is 28.3 Å². The monoisotopic (exact) mass is 486 g/mol. The van der Waals surface area contributed by atoms with Crippen LogP contribution < -0.4 is 15.0 Å². The molecular formula is C28H34N6O2. The molecule has 4 heterocycles. The molecule has 1 spiro atoms. The fraction of sp³-hybridized carbons (Fsp3) is 0.500. The number of aryl methyl sites for hydroxylation is 1. The van der Waals surface area contributed by atoms with Crippen molar-refractivity contribution in [2.24, 2.45) is 5.41 Å². The number of pyridine rings is 1. The lowest BCUT2D eigenvalue weighted by Gasteiger charge is -2.44. The number of fused-ring (bicyclic) bond motifs is 1. The van der Waals surface area contributed by atoms with E-state index in [9.17, 15) is 5.26 Å². The van der Waals surface area contributed by atoms with Crippen LogP contribution in [0.2, 0.25) is 0 Å². The standard InChI is InChI=1S/C28H34N6O2/c1-18-21(17-29)6-5-7-22(18)19(2)30-25-23-16-24(27(35-4)33-26(23)32-20(3)31-25)34-12-8-28(9-13-34)10-14-36-15-11-28/h5-7,16,19H,8-15H2,1-4H3,(H,30,31,32,33). The van der Waals surface area contributed by atoms with E-state index < -0.39 is 0 Å². The largest absolute Gasteiger partial charge is 0.479 e. The maximum Gasteiger partial charge on any atom is 0.239 e. The van der Waals surface area contributed by atoms with Crippen LogP contribution in [-0.4, -0.2) is 48.4 Å². The molecule has 36 heavy (non-hydrogen) atoms. The number of aromatic nitrogens is 3. The fourth-order valence-corrected chi connectivity index (χ4v) is 5.68. The first-order chi connectivity index (χ1) is 17.4. The minimum absolute atomic E-state index is 0.0512. The summed E-state index contributed by atoms with van der Waals surface area (Å²) in [6.45, 7) is 9.63. The lowest BCUT2D eigenvalue weighted by atomic mass is 9.72. The second-order valence-electron chi connectivity index (χ2n) is 10.1. The van der Waals surface area contributed by atoms with Gasteiger partial charge in [0, 0.05) is 26.3 Å². The van der Waals surface area contributed by atoms with E-state index in [-0.39, 0.29) is 6.04 Å². The molecule has 0 radical (unpaired) electrons. The molecule has 2 fully saturated rings. The Labute approximate surface area is 212 Å². The van der Waals surface area contributed by atoms with Crippen molar-refractivity contribution < 1.29 is 9.47 Å². The number of piperidine rings is 1. The van der Waals surface area contributed by atoms with Crippen molar-refractivity contribution in [2.45, 2.75) is 52.5 Å². The minimum Gasteiger partial charge on any atom is -0.479 e. The second-order valence-corrected chi connectivity index (χ2v) is 10.1. The third-order valence-electron chi connectivity index (χ3n) is 7.97. The van der Waals surface area contributed by atoms with Gasteiger partial charge >= 0.3 is 0 Å². The molecule has 1 N–H and O–H groups in total. The van der Waals surface area contributed by atoms with E-state index in [1.54, 1.807) is 7.11 Å². The number of benzene rings is 1. The van der Waals surface area contributed by atoms with Gasteiger partial charge in [-0.25, -0.2) is 9.97 Å². The summed E-state index contributed by atoms with van der Waals surface area (Å²) < 4.78 is 11.4. The highest BCUT2D eigenvalue weighted by Crippen LogP contribution is 2.43. The van der Waals surface area contributed by atoms with Gasteiger partial charge in [0.25, 0.3) is 0 Å². The van der Waals surface area contributed by atoms with E-state index in [2.05, 4.69) is 40.3 Å². The minimum atomic E-state index is -0.0512. The lowest BCUT2D eigenvalue weighted by molar-refractivity contribution is 0.00208. The highest BCUT2D eigenvalue weighted by Gasteiger charge is 2.37. The third kappa shape index (κ3) is 4.56. The van der Waals surface area contributed by atoms with E-state index >= 15 is 0 Å². The molecule has 8 heteroatoms. The first kappa shape index (κ1) is 24.3. The van der Waals surface area contributed by atoms with Crippen LogP contribution in [-0.2, 0) is 4.74 Å². The Balaban J connectivity index is 1.48. The summed E-state index contributed by atoms with van der Waals surface area (Å²) in [6, 6.07) is 10.2. The summed E-state index contributed by atoms with van der Waals surface area (Å²) in [4.78, 5) is 16.5. The number of nitrogens with zero attached hydrogens (tertiary/aromatic N) is 5. The molecule has 0 saturated carbocycles. The first-order valence-electron chi connectivity index (χ1n) is 12.8. The molecule has 2 aliphatic heterocycles. The van der Waals surface area contributed by atoms with E-state index in [0.717, 1.165) is 80.0 Å². The molecule has 188 valence electrons. The average molecular weight is 487 g/mol. The van der Waals surface area contributed by atoms with Crippen molar-refractivity contribution in [2.75, 3.05) is 43.6 Å². The van der Waals surface area contributed by atoms with Crippen LogP contribution in [0.3, 0.4) is 0 Å². The summed E-state index contributed by atoms with van der Waals surface area (Å²) in [5.41, 5.74) is 4.73. The van der Waals surface area contributed by atoms with Crippen molar-refractivity contribution in [1.29, 1.82) is 5.26 Å². The molecular weight excluding hydrogens is 452 g/mol. The lowest BCUT2D eigenvalue weighted by Crippen LogP contribution is -2.43. The molecule has 2 aromatic heterocycles. The van der Waals surface area contributed by atoms with Gasteiger partial charge in [0.1, 0.15) is 17.3 Å². The summed E-state index contributed by atoms with van der Waals surface area (Å²) in [5, 5.41) is 13.9. The molecule has 2 aliphatic rings. The Hall–Kier alpha value is -3.44. The van der Waals surface area contributed by atoms with Crippen LogP contribution in [0, 0.1) is 30.6 Å². The van der Waals surface area contributed by atoms with Crippen LogP contribution in [0.25, 0.3) is 11.0 Å². The van der Waals surface area contributed by atoms with Crippen LogP contribution in [0.15, 0.2) is 24.3 Å². The van der Waals surface area contributed by atoms with Gasteiger partial charge in [-0.3, -0.25) is 0 Å². The summed E-state index contributed by atoms with van der Waals surface area (Å²) in [7, 11) is 1.67. The normalized spacial score (nSPS) is 18.1. The topological polar surface area (TPSA) is 96.2 Å². The Bertz CT molecular complexity index is 1300. The molecule has 1 atom stereocenters. The van der Waals surface area contributed by atoms with E-state index in [1.165, 1.54) is 0 Å². The van der Waals surface area contributed by atoms with Gasteiger partial charge in [0.2, 0.25) is 5.88 Å². The Morgan fingerprint density at radius 3 is 2.56 bits per heavy atom. The Morgan fingerprint density at radius 2 is 1.86 bits per heavy atom. The maximum atomic E-state index is 9.46. The molecule has 0 aliphatic carbocycles. The van der Waals surface area contributed by atoms with Crippen LogP contribution in [0.1, 0.15) is 61.2 Å². The number of anilines is 2. The zero-order valence-electron chi connectivity index (χ0n) is 21.6. The average Bonchev–Trinajstić information content (AvgIpc) is 2.89. The molecule has 3 aromatic rings. The molecule has 1 unspecified atom stereocenters. The summed E-state index contributed by atoms with van der Waals surface area (Å²) >= 11 is 0. The van der Waals surface area contributed by atoms with E-state index in [1.807, 2.05) is 26.0 Å². The fourth-order valence-electron chi connectivity index (χ4n) is 5.68. The third-order valence-corrected chi connectivity index (χ3v) is 7.97. The van der Waals surface area contributed by atoms with E-state index in [4.69, 9.17) is 19.4 Å². The molecule has 0 bridgehead atoms. The van der Waals surface area contributed by atoms with Gasteiger partial charge in [0.05, 0.1) is 30.2 Å². The highest BCUT2D eigenvalue weighted by atomic mass is 16.5. The van der Waals surface area contributed by atoms with Gasteiger partial charge < -0.3 is 19.7 Å².